The molecule has 1 aromatic heterocycles. The van der Waals surface area contributed by atoms with Crippen LogP contribution in [0.2, 0.25) is 0 Å². The third-order valence-electron chi connectivity index (χ3n) is 3.33. The van der Waals surface area contributed by atoms with E-state index >= 15 is 0 Å². The van der Waals surface area contributed by atoms with Gasteiger partial charge in [-0.05, 0) is 18.1 Å². The summed E-state index contributed by atoms with van der Waals surface area (Å²) >= 11 is 0. The molecule has 1 aliphatic heterocycles. The first-order valence-corrected chi connectivity index (χ1v) is 7.59. The molecule has 0 aliphatic carbocycles. The largest absolute Gasteiger partial charge is 0.354 e. The number of hydrogen-bond acceptors (Lipinski definition) is 4. The van der Waals surface area contributed by atoms with Gasteiger partial charge >= 0.3 is 0 Å². The number of aromatic nitrogens is 1. The monoisotopic (exact) mass is 300 g/mol. The molecule has 2 heterocycles. The van der Waals surface area contributed by atoms with E-state index in [0.29, 0.717) is 6.42 Å². The number of rotatable bonds is 5. The van der Waals surface area contributed by atoms with Crippen LogP contribution in [0, 0.1) is 0 Å². The summed E-state index contributed by atoms with van der Waals surface area (Å²) in [6, 6.07) is 3.78. The van der Waals surface area contributed by atoms with Gasteiger partial charge in [0.1, 0.15) is 5.82 Å². The smallest absolute Gasteiger partial charge is 0.260 e. The Morgan fingerprint density at radius 1 is 1.29 bits per heavy atom. The molecule has 0 spiro atoms. The van der Waals surface area contributed by atoms with Gasteiger partial charge in [0.2, 0.25) is 0 Å². The highest BCUT2D eigenvalue weighted by Gasteiger charge is 2.26. The SMILES string of the molecule is CC.NCC(F)(F)CCc1ccc(N2CCNCC2)nc1. The number of halogens is 2. The van der Waals surface area contributed by atoms with Crippen LogP contribution in [-0.4, -0.2) is 43.6 Å². The standard InChI is InChI=1S/C13H20F2N4.C2H6/c14-13(15,10-16)4-3-11-1-2-12(18-9-11)19-7-5-17-6-8-19;1-2/h1-2,9,17H,3-8,10,16H2;1-2H3. The number of aryl methyl sites for hydroxylation is 1. The van der Waals surface area contributed by atoms with Crippen molar-refractivity contribution in [2.45, 2.75) is 32.6 Å². The summed E-state index contributed by atoms with van der Waals surface area (Å²) in [5.41, 5.74) is 5.84. The predicted octanol–water partition coefficient (Wildman–Crippen LogP) is 2.04. The Morgan fingerprint density at radius 2 is 1.95 bits per heavy atom. The molecule has 0 bridgehead atoms. The first-order valence-electron chi connectivity index (χ1n) is 7.59. The Bertz CT molecular complexity index is 389. The number of nitrogens with one attached hydrogen (secondary N) is 1. The van der Waals surface area contributed by atoms with Crippen molar-refractivity contribution in [2.75, 3.05) is 37.6 Å². The normalized spacial score (nSPS) is 15.4. The highest BCUT2D eigenvalue weighted by molar-refractivity contribution is 5.39. The van der Waals surface area contributed by atoms with Crippen LogP contribution in [0.25, 0.3) is 0 Å². The highest BCUT2D eigenvalue weighted by atomic mass is 19.3. The zero-order valence-corrected chi connectivity index (χ0v) is 12.9. The molecule has 1 fully saturated rings. The van der Waals surface area contributed by atoms with Gasteiger partial charge in [0.05, 0.1) is 6.54 Å². The van der Waals surface area contributed by atoms with Crippen LogP contribution in [0.3, 0.4) is 0 Å². The molecule has 6 heteroatoms. The van der Waals surface area contributed by atoms with E-state index in [1.807, 2.05) is 26.0 Å². The summed E-state index contributed by atoms with van der Waals surface area (Å²) in [6.07, 6.45) is 1.77. The molecule has 0 radical (unpaired) electrons. The second kappa shape index (κ2) is 8.89. The van der Waals surface area contributed by atoms with Crippen molar-refractivity contribution >= 4 is 5.82 Å². The van der Waals surface area contributed by atoms with Crippen molar-refractivity contribution in [3.05, 3.63) is 23.9 Å². The number of nitrogens with two attached hydrogens (primary N) is 1. The minimum atomic E-state index is -2.78. The van der Waals surface area contributed by atoms with Gasteiger partial charge in [-0.15, -0.1) is 0 Å². The van der Waals surface area contributed by atoms with Gasteiger partial charge < -0.3 is 16.0 Å². The topological polar surface area (TPSA) is 54.2 Å². The predicted molar refractivity (Wildman–Crippen MR) is 83.0 cm³/mol. The molecule has 0 saturated carbocycles. The zero-order valence-electron chi connectivity index (χ0n) is 12.9. The molecule has 21 heavy (non-hydrogen) atoms. The Kier molecular flexibility index (Phi) is 7.53. The molecular formula is C15H26F2N4. The lowest BCUT2D eigenvalue weighted by atomic mass is 10.1. The molecule has 0 aromatic carbocycles. The summed E-state index contributed by atoms with van der Waals surface area (Å²) in [5, 5.41) is 3.27. The van der Waals surface area contributed by atoms with Crippen LogP contribution in [0.4, 0.5) is 14.6 Å². The molecule has 1 aromatic rings. The van der Waals surface area contributed by atoms with Crippen molar-refractivity contribution in [3.63, 3.8) is 0 Å². The third kappa shape index (κ3) is 5.93. The van der Waals surface area contributed by atoms with E-state index in [9.17, 15) is 8.78 Å². The fourth-order valence-corrected chi connectivity index (χ4v) is 2.07. The Labute approximate surface area is 125 Å². The molecule has 3 N–H and O–H groups in total. The number of nitrogens with zero attached hydrogens (tertiary/aromatic N) is 2. The molecule has 1 saturated heterocycles. The van der Waals surface area contributed by atoms with Crippen LogP contribution < -0.4 is 16.0 Å². The summed E-state index contributed by atoms with van der Waals surface area (Å²) in [5.74, 6) is -1.87. The maximum Gasteiger partial charge on any atom is 0.260 e. The van der Waals surface area contributed by atoms with Crippen LogP contribution in [0.5, 0.6) is 0 Å². The molecule has 2 rings (SSSR count). The molecule has 0 amide bonds. The minimum Gasteiger partial charge on any atom is -0.354 e. The average molecular weight is 300 g/mol. The zero-order chi connectivity index (χ0) is 15.7. The maximum atomic E-state index is 13.0. The lowest BCUT2D eigenvalue weighted by Gasteiger charge is -2.28. The fraction of sp³-hybridized carbons (Fsp3) is 0.667. The number of pyridine rings is 1. The Hall–Kier alpha value is -1.27. The molecule has 4 nitrogen and oxygen atoms in total. The van der Waals surface area contributed by atoms with E-state index in [1.54, 1.807) is 6.20 Å². The second-order valence-electron chi connectivity index (χ2n) is 4.82. The number of alkyl halides is 2. The van der Waals surface area contributed by atoms with Crippen LogP contribution in [-0.2, 0) is 6.42 Å². The van der Waals surface area contributed by atoms with Crippen molar-refractivity contribution in [3.8, 4) is 0 Å². The van der Waals surface area contributed by atoms with Gasteiger partial charge in [0, 0.05) is 38.8 Å². The first kappa shape index (κ1) is 17.8. The molecule has 0 atom stereocenters. The first-order chi connectivity index (χ1) is 10.1. The van der Waals surface area contributed by atoms with Gasteiger partial charge in [-0.3, -0.25) is 0 Å². The summed E-state index contributed by atoms with van der Waals surface area (Å²) < 4.78 is 26.1. The second-order valence-corrected chi connectivity index (χ2v) is 4.82. The van der Waals surface area contributed by atoms with E-state index < -0.39 is 12.5 Å². The average Bonchev–Trinajstić information content (AvgIpc) is 2.56. The van der Waals surface area contributed by atoms with E-state index in [2.05, 4.69) is 15.2 Å². The Morgan fingerprint density at radius 3 is 2.48 bits per heavy atom. The number of hydrogen-bond donors (Lipinski definition) is 2. The van der Waals surface area contributed by atoms with Crippen molar-refractivity contribution < 1.29 is 8.78 Å². The van der Waals surface area contributed by atoms with Gasteiger partial charge in [0.15, 0.2) is 0 Å². The minimum absolute atomic E-state index is 0.224. The lowest BCUT2D eigenvalue weighted by Crippen LogP contribution is -2.43. The molecular weight excluding hydrogens is 274 g/mol. The van der Waals surface area contributed by atoms with E-state index in [-0.39, 0.29) is 6.42 Å². The van der Waals surface area contributed by atoms with Crippen molar-refractivity contribution in [1.29, 1.82) is 0 Å². The molecule has 120 valence electrons. The lowest BCUT2D eigenvalue weighted by molar-refractivity contribution is 0.00245. The number of anilines is 1. The Balaban J connectivity index is 0.00000106. The van der Waals surface area contributed by atoms with Crippen LogP contribution in [0.15, 0.2) is 18.3 Å². The molecule has 1 aliphatic rings. The van der Waals surface area contributed by atoms with Crippen molar-refractivity contribution in [2.24, 2.45) is 5.73 Å². The van der Waals surface area contributed by atoms with Gasteiger partial charge in [-0.2, -0.15) is 0 Å². The number of piperazine rings is 1. The van der Waals surface area contributed by atoms with Crippen LogP contribution in [0.1, 0.15) is 25.8 Å². The van der Waals surface area contributed by atoms with E-state index in [0.717, 1.165) is 37.6 Å². The highest BCUT2D eigenvalue weighted by Crippen LogP contribution is 2.20. The molecule has 0 unspecified atom stereocenters. The van der Waals surface area contributed by atoms with E-state index in [4.69, 9.17) is 5.73 Å². The fourth-order valence-electron chi connectivity index (χ4n) is 2.07. The van der Waals surface area contributed by atoms with E-state index in [1.165, 1.54) is 0 Å². The summed E-state index contributed by atoms with van der Waals surface area (Å²) in [6.45, 7) is 7.16. The quantitative estimate of drug-likeness (QED) is 0.874. The maximum absolute atomic E-state index is 13.0. The van der Waals surface area contributed by atoms with Crippen LogP contribution >= 0.6 is 0 Å². The van der Waals surface area contributed by atoms with Gasteiger partial charge in [0.25, 0.3) is 5.92 Å². The van der Waals surface area contributed by atoms with Gasteiger partial charge in [-0.25, -0.2) is 13.8 Å². The van der Waals surface area contributed by atoms with Gasteiger partial charge in [-0.1, -0.05) is 19.9 Å². The summed E-state index contributed by atoms with van der Waals surface area (Å²) in [4.78, 5) is 6.54. The van der Waals surface area contributed by atoms with Crippen molar-refractivity contribution in [1.82, 2.24) is 10.3 Å². The third-order valence-corrected chi connectivity index (χ3v) is 3.33. The summed E-state index contributed by atoms with van der Waals surface area (Å²) in [7, 11) is 0.